The second-order valence-electron chi connectivity index (χ2n) is 4.73. The summed E-state index contributed by atoms with van der Waals surface area (Å²) in [6.45, 7) is 6.92. The summed E-state index contributed by atoms with van der Waals surface area (Å²) >= 11 is 0. The molecule has 2 rings (SSSR count). The van der Waals surface area contributed by atoms with Crippen LogP contribution >= 0.6 is 0 Å². The van der Waals surface area contributed by atoms with E-state index in [1.807, 2.05) is 0 Å². The molecule has 2 heterocycles. The SMILES string of the molecule is CC(C)C1(N)CN(Cc2nnn(C)n2)C1. The van der Waals surface area contributed by atoms with Gasteiger partial charge < -0.3 is 5.73 Å². The van der Waals surface area contributed by atoms with Crippen molar-refractivity contribution in [1.82, 2.24) is 25.1 Å². The van der Waals surface area contributed by atoms with Gasteiger partial charge in [0, 0.05) is 18.6 Å². The average molecular weight is 210 g/mol. The lowest BCUT2D eigenvalue weighted by Gasteiger charge is -2.50. The van der Waals surface area contributed by atoms with Gasteiger partial charge in [-0.1, -0.05) is 13.8 Å². The predicted molar refractivity (Wildman–Crippen MR) is 55.8 cm³/mol. The first-order valence-electron chi connectivity index (χ1n) is 5.24. The molecule has 0 radical (unpaired) electrons. The van der Waals surface area contributed by atoms with Gasteiger partial charge in [-0.05, 0) is 11.1 Å². The van der Waals surface area contributed by atoms with Gasteiger partial charge in [-0.15, -0.1) is 10.2 Å². The Bertz CT molecular complexity index is 338. The Morgan fingerprint density at radius 1 is 1.47 bits per heavy atom. The molecule has 0 atom stereocenters. The highest BCUT2D eigenvalue weighted by Gasteiger charge is 2.41. The third-order valence-electron chi connectivity index (χ3n) is 3.10. The van der Waals surface area contributed by atoms with Crippen molar-refractivity contribution in [2.45, 2.75) is 25.9 Å². The first kappa shape index (κ1) is 10.5. The lowest BCUT2D eigenvalue weighted by molar-refractivity contribution is 0.0293. The number of likely N-dealkylation sites (tertiary alicyclic amines) is 1. The first-order chi connectivity index (χ1) is 6.99. The fourth-order valence-corrected chi connectivity index (χ4v) is 1.85. The summed E-state index contributed by atoms with van der Waals surface area (Å²) in [7, 11) is 1.77. The van der Waals surface area contributed by atoms with Crippen LogP contribution in [0.15, 0.2) is 0 Å². The van der Waals surface area contributed by atoms with Crippen molar-refractivity contribution >= 4 is 0 Å². The van der Waals surface area contributed by atoms with Crippen molar-refractivity contribution in [3.8, 4) is 0 Å². The molecule has 0 saturated carbocycles. The minimum absolute atomic E-state index is 0.0256. The van der Waals surface area contributed by atoms with Crippen LogP contribution in [-0.4, -0.2) is 43.7 Å². The van der Waals surface area contributed by atoms with Crippen LogP contribution in [0.4, 0.5) is 0 Å². The highest BCUT2D eigenvalue weighted by atomic mass is 15.6. The highest BCUT2D eigenvalue weighted by Crippen LogP contribution is 2.26. The van der Waals surface area contributed by atoms with Gasteiger partial charge in [0.15, 0.2) is 5.82 Å². The Morgan fingerprint density at radius 3 is 2.60 bits per heavy atom. The normalized spacial score (nSPS) is 20.6. The number of aryl methyl sites for hydroxylation is 1. The Labute approximate surface area is 89.4 Å². The smallest absolute Gasteiger partial charge is 0.188 e. The minimum atomic E-state index is -0.0256. The van der Waals surface area contributed by atoms with Crippen molar-refractivity contribution in [2.24, 2.45) is 18.7 Å². The van der Waals surface area contributed by atoms with Gasteiger partial charge in [-0.2, -0.15) is 4.80 Å². The number of aromatic nitrogens is 4. The van der Waals surface area contributed by atoms with Crippen molar-refractivity contribution in [3.05, 3.63) is 5.82 Å². The molecule has 1 aromatic heterocycles. The molecule has 1 aromatic rings. The Hall–Kier alpha value is -1.01. The average Bonchev–Trinajstić information content (AvgIpc) is 2.48. The summed E-state index contributed by atoms with van der Waals surface area (Å²) < 4.78 is 0. The molecule has 6 heteroatoms. The van der Waals surface area contributed by atoms with Crippen LogP contribution in [0, 0.1) is 5.92 Å². The van der Waals surface area contributed by atoms with Crippen molar-refractivity contribution in [2.75, 3.05) is 13.1 Å². The maximum absolute atomic E-state index is 6.19. The van der Waals surface area contributed by atoms with Gasteiger partial charge in [-0.25, -0.2) is 0 Å². The van der Waals surface area contributed by atoms with Crippen LogP contribution in [0.2, 0.25) is 0 Å². The molecule has 84 valence electrons. The minimum Gasteiger partial charge on any atom is -0.323 e. The zero-order valence-corrected chi connectivity index (χ0v) is 9.51. The van der Waals surface area contributed by atoms with Gasteiger partial charge in [0.25, 0.3) is 0 Å². The molecular weight excluding hydrogens is 192 g/mol. The Morgan fingerprint density at radius 2 is 2.13 bits per heavy atom. The molecule has 1 aliphatic heterocycles. The zero-order chi connectivity index (χ0) is 11.1. The molecule has 6 nitrogen and oxygen atoms in total. The number of nitrogens with zero attached hydrogens (tertiary/aromatic N) is 5. The van der Waals surface area contributed by atoms with Gasteiger partial charge in [0.05, 0.1) is 13.6 Å². The predicted octanol–water partition coefficient (Wildman–Crippen LogP) is -0.621. The molecule has 0 unspecified atom stereocenters. The molecule has 0 aromatic carbocycles. The quantitative estimate of drug-likeness (QED) is 0.719. The summed E-state index contributed by atoms with van der Waals surface area (Å²) in [6, 6.07) is 0. The molecule has 2 N–H and O–H groups in total. The molecule has 0 spiro atoms. The molecule has 1 aliphatic rings. The van der Waals surface area contributed by atoms with E-state index in [1.165, 1.54) is 4.80 Å². The maximum Gasteiger partial charge on any atom is 0.188 e. The van der Waals surface area contributed by atoms with Gasteiger partial charge in [-0.3, -0.25) is 4.90 Å². The van der Waals surface area contributed by atoms with Crippen LogP contribution in [-0.2, 0) is 13.6 Å². The molecular formula is C9H18N6. The highest BCUT2D eigenvalue weighted by molar-refractivity contribution is 5.02. The summed E-state index contributed by atoms with van der Waals surface area (Å²) in [6.07, 6.45) is 0. The number of rotatable bonds is 3. The van der Waals surface area contributed by atoms with E-state index in [1.54, 1.807) is 7.05 Å². The van der Waals surface area contributed by atoms with E-state index in [-0.39, 0.29) is 5.54 Å². The number of hydrogen-bond acceptors (Lipinski definition) is 5. The standard InChI is InChI=1S/C9H18N6/c1-7(2)9(10)5-15(6-9)4-8-11-13-14(3)12-8/h7H,4-6,10H2,1-3H3. The van der Waals surface area contributed by atoms with Crippen LogP contribution in [0.1, 0.15) is 19.7 Å². The second kappa shape index (κ2) is 3.53. The molecule has 1 saturated heterocycles. The van der Waals surface area contributed by atoms with E-state index >= 15 is 0 Å². The third-order valence-corrected chi connectivity index (χ3v) is 3.10. The number of hydrogen-bond donors (Lipinski definition) is 1. The third kappa shape index (κ3) is 2.00. The lowest BCUT2D eigenvalue weighted by Crippen LogP contribution is -2.69. The lowest BCUT2D eigenvalue weighted by atomic mass is 9.80. The fraction of sp³-hybridized carbons (Fsp3) is 0.889. The van der Waals surface area contributed by atoms with E-state index in [9.17, 15) is 0 Å². The van der Waals surface area contributed by atoms with E-state index < -0.39 is 0 Å². The monoisotopic (exact) mass is 210 g/mol. The molecule has 1 fully saturated rings. The van der Waals surface area contributed by atoms with Crippen LogP contribution in [0.5, 0.6) is 0 Å². The molecule has 0 amide bonds. The number of nitrogens with two attached hydrogens (primary N) is 1. The van der Waals surface area contributed by atoms with Gasteiger partial charge >= 0.3 is 0 Å². The van der Waals surface area contributed by atoms with E-state index in [4.69, 9.17) is 5.73 Å². The van der Waals surface area contributed by atoms with Crippen molar-refractivity contribution in [3.63, 3.8) is 0 Å². The largest absolute Gasteiger partial charge is 0.323 e. The first-order valence-corrected chi connectivity index (χ1v) is 5.24. The maximum atomic E-state index is 6.19. The topological polar surface area (TPSA) is 72.9 Å². The van der Waals surface area contributed by atoms with Gasteiger partial charge in [0.1, 0.15) is 0 Å². The summed E-state index contributed by atoms with van der Waals surface area (Å²) in [4.78, 5) is 3.73. The van der Waals surface area contributed by atoms with Crippen molar-refractivity contribution in [1.29, 1.82) is 0 Å². The van der Waals surface area contributed by atoms with E-state index in [0.717, 1.165) is 25.5 Å². The van der Waals surface area contributed by atoms with Crippen molar-refractivity contribution < 1.29 is 0 Å². The number of tetrazole rings is 1. The van der Waals surface area contributed by atoms with Crippen LogP contribution < -0.4 is 5.73 Å². The van der Waals surface area contributed by atoms with E-state index in [0.29, 0.717) is 5.92 Å². The Kier molecular flexibility index (Phi) is 2.47. The molecule has 0 bridgehead atoms. The van der Waals surface area contributed by atoms with Gasteiger partial charge in [0.2, 0.25) is 0 Å². The van der Waals surface area contributed by atoms with E-state index in [2.05, 4.69) is 34.2 Å². The second-order valence-corrected chi connectivity index (χ2v) is 4.73. The summed E-state index contributed by atoms with van der Waals surface area (Å²) in [5.74, 6) is 1.28. The van der Waals surface area contributed by atoms with Crippen LogP contribution in [0.25, 0.3) is 0 Å². The van der Waals surface area contributed by atoms with Crippen LogP contribution in [0.3, 0.4) is 0 Å². The molecule has 15 heavy (non-hydrogen) atoms. The summed E-state index contributed by atoms with van der Waals surface area (Å²) in [5, 5.41) is 11.9. The summed E-state index contributed by atoms with van der Waals surface area (Å²) in [5.41, 5.74) is 6.17. The fourth-order valence-electron chi connectivity index (χ4n) is 1.85. The Balaban J connectivity index is 1.86. The molecule has 0 aliphatic carbocycles. The zero-order valence-electron chi connectivity index (χ0n) is 9.51.